The van der Waals surface area contributed by atoms with Crippen LogP contribution in [0.2, 0.25) is 0 Å². The lowest BCUT2D eigenvalue weighted by atomic mass is 9.93. The molecule has 1 N–H and O–H groups in total. The molecule has 0 spiro atoms. The molecule has 1 unspecified atom stereocenters. The molecule has 0 heterocycles. The molecule has 0 saturated heterocycles. The number of ether oxygens (including phenoxy) is 1. The zero-order valence-corrected chi connectivity index (χ0v) is 7.71. The molecule has 0 aromatic carbocycles. The van der Waals surface area contributed by atoms with E-state index in [4.69, 9.17) is 0 Å². The van der Waals surface area contributed by atoms with Crippen LogP contribution in [0.4, 0.5) is 0 Å². The van der Waals surface area contributed by atoms with Crippen molar-refractivity contribution in [2.75, 3.05) is 7.11 Å². The van der Waals surface area contributed by atoms with Crippen LogP contribution in [0.1, 0.15) is 32.1 Å². The quantitative estimate of drug-likeness (QED) is 0.366. The van der Waals surface area contributed by atoms with Gasteiger partial charge in [-0.15, -0.1) is 0 Å². The molecule has 0 aromatic heterocycles. The zero-order valence-electron chi connectivity index (χ0n) is 7.71. The minimum Gasteiger partial charge on any atom is -0.467 e. The molecule has 1 fully saturated rings. The van der Waals surface area contributed by atoms with Gasteiger partial charge in [-0.3, -0.25) is 4.79 Å². The number of ketones is 1. The summed E-state index contributed by atoms with van der Waals surface area (Å²) in [5.74, 6) is -1.23. The second kappa shape index (κ2) is 3.87. The SMILES string of the molecule is COC(=O)C1(O)CCCCCC1=O. The van der Waals surface area contributed by atoms with Gasteiger partial charge in [-0.25, -0.2) is 4.79 Å². The van der Waals surface area contributed by atoms with Crippen molar-refractivity contribution in [2.24, 2.45) is 0 Å². The largest absolute Gasteiger partial charge is 0.467 e. The summed E-state index contributed by atoms with van der Waals surface area (Å²) >= 11 is 0. The van der Waals surface area contributed by atoms with Crippen LogP contribution in [-0.4, -0.2) is 29.6 Å². The second-order valence-electron chi connectivity index (χ2n) is 3.34. The van der Waals surface area contributed by atoms with Crippen LogP contribution in [0.5, 0.6) is 0 Å². The molecule has 1 aliphatic carbocycles. The lowest BCUT2D eigenvalue weighted by Gasteiger charge is -2.21. The van der Waals surface area contributed by atoms with Gasteiger partial charge in [0.25, 0.3) is 0 Å². The van der Waals surface area contributed by atoms with Crippen molar-refractivity contribution in [3.8, 4) is 0 Å². The van der Waals surface area contributed by atoms with Crippen LogP contribution in [0.25, 0.3) is 0 Å². The van der Waals surface area contributed by atoms with E-state index in [0.717, 1.165) is 12.8 Å². The Morgan fingerprint density at radius 1 is 1.46 bits per heavy atom. The third-order valence-corrected chi connectivity index (χ3v) is 2.43. The van der Waals surface area contributed by atoms with Crippen molar-refractivity contribution in [3.63, 3.8) is 0 Å². The molecule has 0 aromatic rings. The minimum absolute atomic E-state index is 0.193. The van der Waals surface area contributed by atoms with Gasteiger partial charge in [0.15, 0.2) is 5.78 Å². The summed E-state index contributed by atoms with van der Waals surface area (Å²) in [4.78, 5) is 22.5. The van der Waals surface area contributed by atoms with E-state index < -0.39 is 17.4 Å². The molecule has 13 heavy (non-hydrogen) atoms. The Balaban J connectivity index is 2.82. The molecule has 0 radical (unpaired) electrons. The molecule has 0 bridgehead atoms. The van der Waals surface area contributed by atoms with E-state index in [1.807, 2.05) is 0 Å². The molecule has 0 aliphatic heterocycles. The Hall–Kier alpha value is -0.900. The van der Waals surface area contributed by atoms with E-state index in [1.54, 1.807) is 0 Å². The maximum Gasteiger partial charge on any atom is 0.345 e. The second-order valence-corrected chi connectivity index (χ2v) is 3.34. The number of hydrogen-bond donors (Lipinski definition) is 1. The van der Waals surface area contributed by atoms with Crippen molar-refractivity contribution < 1.29 is 19.4 Å². The number of aliphatic hydroxyl groups is 1. The highest BCUT2D eigenvalue weighted by atomic mass is 16.5. The van der Waals surface area contributed by atoms with Gasteiger partial charge >= 0.3 is 5.97 Å². The van der Waals surface area contributed by atoms with Crippen molar-refractivity contribution in [1.29, 1.82) is 0 Å². The van der Waals surface area contributed by atoms with Crippen molar-refractivity contribution in [1.82, 2.24) is 0 Å². The van der Waals surface area contributed by atoms with E-state index in [1.165, 1.54) is 7.11 Å². The Labute approximate surface area is 76.9 Å². The first kappa shape index (κ1) is 10.2. The first-order valence-corrected chi connectivity index (χ1v) is 4.45. The van der Waals surface area contributed by atoms with E-state index in [9.17, 15) is 14.7 Å². The van der Waals surface area contributed by atoms with Crippen molar-refractivity contribution in [2.45, 2.75) is 37.7 Å². The molecule has 1 saturated carbocycles. The number of hydrogen-bond acceptors (Lipinski definition) is 4. The van der Waals surface area contributed by atoms with Crippen LogP contribution in [0, 0.1) is 0 Å². The first-order chi connectivity index (χ1) is 6.11. The Morgan fingerprint density at radius 3 is 2.77 bits per heavy atom. The van der Waals surface area contributed by atoms with E-state index in [0.29, 0.717) is 6.42 Å². The lowest BCUT2D eigenvalue weighted by molar-refractivity contribution is -0.168. The van der Waals surface area contributed by atoms with Crippen LogP contribution in [-0.2, 0) is 14.3 Å². The Kier molecular flexibility index (Phi) is 3.03. The van der Waals surface area contributed by atoms with Gasteiger partial charge in [-0.05, 0) is 19.3 Å². The Morgan fingerprint density at radius 2 is 2.15 bits per heavy atom. The summed E-state index contributed by atoms with van der Waals surface area (Å²) < 4.78 is 4.41. The molecule has 1 aliphatic rings. The van der Waals surface area contributed by atoms with E-state index in [2.05, 4.69) is 4.74 Å². The number of carbonyl (C=O) groups excluding carboxylic acids is 2. The molecule has 1 rings (SSSR count). The highest BCUT2D eigenvalue weighted by molar-refractivity contribution is 6.06. The third-order valence-electron chi connectivity index (χ3n) is 2.43. The van der Waals surface area contributed by atoms with Gasteiger partial charge in [-0.2, -0.15) is 0 Å². The fourth-order valence-corrected chi connectivity index (χ4v) is 1.57. The third kappa shape index (κ3) is 1.88. The fraction of sp³-hybridized carbons (Fsp3) is 0.778. The minimum atomic E-state index is -1.87. The topological polar surface area (TPSA) is 63.6 Å². The van der Waals surface area contributed by atoms with Gasteiger partial charge in [0, 0.05) is 6.42 Å². The summed E-state index contributed by atoms with van der Waals surface area (Å²) in [6.45, 7) is 0. The molecule has 4 nitrogen and oxygen atoms in total. The average molecular weight is 186 g/mol. The highest BCUT2D eigenvalue weighted by Gasteiger charge is 2.44. The number of esters is 1. The maximum absolute atomic E-state index is 11.4. The van der Waals surface area contributed by atoms with Crippen LogP contribution < -0.4 is 0 Å². The van der Waals surface area contributed by atoms with E-state index in [-0.39, 0.29) is 12.8 Å². The van der Waals surface area contributed by atoms with Gasteiger partial charge in [0.2, 0.25) is 5.60 Å². The van der Waals surface area contributed by atoms with Crippen molar-refractivity contribution in [3.05, 3.63) is 0 Å². The predicted octanol–water partition coefficient (Wildman–Crippen LogP) is 0.424. The average Bonchev–Trinajstić information content (AvgIpc) is 2.29. The van der Waals surface area contributed by atoms with Crippen LogP contribution >= 0.6 is 0 Å². The lowest BCUT2D eigenvalue weighted by Crippen LogP contribution is -2.46. The van der Waals surface area contributed by atoms with E-state index >= 15 is 0 Å². The molecule has 0 amide bonds. The summed E-state index contributed by atoms with van der Waals surface area (Å²) in [6.07, 6.45) is 2.78. The molecular formula is C9H14O4. The maximum atomic E-state index is 11.4. The normalized spacial score (nSPS) is 29.5. The van der Waals surface area contributed by atoms with Crippen LogP contribution in [0.15, 0.2) is 0 Å². The van der Waals surface area contributed by atoms with Crippen LogP contribution in [0.3, 0.4) is 0 Å². The smallest absolute Gasteiger partial charge is 0.345 e. The van der Waals surface area contributed by atoms with Gasteiger partial charge in [0.1, 0.15) is 0 Å². The van der Waals surface area contributed by atoms with Gasteiger partial charge in [-0.1, -0.05) is 6.42 Å². The highest BCUT2D eigenvalue weighted by Crippen LogP contribution is 2.25. The number of Topliss-reactive ketones (excluding diaryl/α,β-unsaturated/α-hetero) is 1. The molecule has 1 atom stereocenters. The molecule has 4 heteroatoms. The molecule has 74 valence electrons. The number of methoxy groups -OCH3 is 1. The van der Waals surface area contributed by atoms with Crippen molar-refractivity contribution >= 4 is 11.8 Å². The number of carbonyl (C=O) groups is 2. The summed E-state index contributed by atoms with van der Waals surface area (Å²) in [7, 11) is 1.18. The Bertz CT molecular complexity index is 224. The van der Waals surface area contributed by atoms with Gasteiger partial charge in [0.05, 0.1) is 7.11 Å². The standard InChI is InChI=1S/C9H14O4/c1-13-8(11)9(12)6-4-2-3-5-7(9)10/h12H,2-6H2,1H3. The molecular weight excluding hydrogens is 172 g/mol. The summed E-state index contributed by atoms with van der Waals surface area (Å²) in [5, 5.41) is 9.76. The summed E-state index contributed by atoms with van der Waals surface area (Å²) in [5.41, 5.74) is -1.87. The fourth-order valence-electron chi connectivity index (χ4n) is 1.57. The monoisotopic (exact) mass is 186 g/mol. The summed E-state index contributed by atoms with van der Waals surface area (Å²) in [6, 6.07) is 0. The number of rotatable bonds is 1. The predicted molar refractivity (Wildman–Crippen MR) is 45.1 cm³/mol. The zero-order chi connectivity index (χ0) is 9.90. The first-order valence-electron chi connectivity index (χ1n) is 4.45. The van der Waals surface area contributed by atoms with Gasteiger partial charge < -0.3 is 9.84 Å².